The SMILES string of the molecule is O=C(NCC(O)C1CC1)c1ccn(-c2ccccc2)n1. The molecule has 1 aliphatic carbocycles. The minimum atomic E-state index is -0.435. The summed E-state index contributed by atoms with van der Waals surface area (Å²) in [5.41, 5.74) is 1.27. The zero-order valence-corrected chi connectivity index (χ0v) is 11.1. The molecule has 1 saturated carbocycles. The van der Waals surface area contributed by atoms with Crippen molar-refractivity contribution in [2.24, 2.45) is 5.92 Å². The third kappa shape index (κ3) is 2.88. The number of carbonyl (C=O) groups is 1. The van der Waals surface area contributed by atoms with Gasteiger partial charge in [0, 0.05) is 12.7 Å². The molecule has 1 atom stereocenters. The first-order valence-electron chi connectivity index (χ1n) is 6.81. The number of benzene rings is 1. The fraction of sp³-hybridized carbons (Fsp3) is 0.333. The summed E-state index contributed by atoms with van der Waals surface area (Å²) in [7, 11) is 0. The van der Waals surface area contributed by atoms with Gasteiger partial charge < -0.3 is 10.4 Å². The van der Waals surface area contributed by atoms with E-state index < -0.39 is 6.10 Å². The molecule has 1 fully saturated rings. The van der Waals surface area contributed by atoms with Gasteiger partial charge in [0.1, 0.15) is 0 Å². The molecule has 1 aromatic carbocycles. The van der Waals surface area contributed by atoms with E-state index in [1.165, 1.54) is 0 Å². The van der Waals surface area contributed by atoms with Crippen LogP contribution in [-0.4, -0.2) is 33.4 Å². The van der Waals surface area contributed by atoms with Crippen LogP contribution in [0.15, 0.2) is 42.6 Å². The van der Waals surface area contributed by atoms with Gasteiger partial charge in [-0.1, -0.05) is 18.2 Å². The van der Waals surface area contributed by atoms with Gasteiger partial charge in [0.25, 0.3) is 5.91 Å². The van der Waals surface area contributed by atoms with Crippen molar-refractivity contribution in [1.29, 1.82) is 0 Å². The second-order valence-corrected chi connectivity index (χ2v) is 5.10. The topological polar surface area (TPSA) is 67.2 Å². The Balaban J connectivity index is 1.62. The number of nitrogens with one attached hydrogen (secondary N) is 1. The van der Waals surface area contributed by atoms with Crippen molar-refractivity contribution in [3.8, 4) is 5.69 Å². The van der Waals surface area contributed by atoms with E-state index in [2.05, 4.69) is 10.4 Å². The number of amides is 1. The van der Waals surface area contributed by atoms with Gasteiger partial charge in [0.15, 0.2) is 5.69 Å². The number of aliphatic hydroxyl groups excluding tert-OH is 1. The molecule has 2 N–H and O–H groups in total. The molecule has 2 aromatic rings. The zero-order valence-electron chi connectivity index (χ0n) is 11.1. The predicted octanol–water partition coefficient (Wildman–Crippen LogP) is 1.37. The van der Waals surface area contributed by atoms with E-state index in [0.717, 1.165) is 18.5 Å². The van der Waals surface area contributed by atoms with Crippen LogP contribution in [0.1, 0.15) is 23.3 Å². The number of aromatic nitrogens is 2. The summed E-state index contributed by atoms with van der Waals surface area (Å²) in [6.07, 6.45) is 3.43. The number of rotatable bonds is 5. The number of hydrogen-bond donors (Lipinski definition) is 2. The predicted molar refractivity (Wildman–Crippen MR) is 74.6 cm³/mol. The Morgan fingerprint density at radius 2 is 2.10 bits per heavy atom. The number of para-hydroxylation sites is 1. The molecule has 104 valence electrons. The van der Waals surface area contributed by atoms with Crippen LogP contribution in [-0.2, 0) is 0 Å². The Bertz CT molecular complexity index is 590. The first-order chi connectivity index (χ1) is 9.74. The van der Waals surface area contributed by atoms with Crippen molar-refractivity contribution in [3.63, 3.8) is 0 Å². The van der Waals surface area contributed by atoms with Crippen LogP contribution in [0.25, 0.3) is 5.69 Å². The van der Waals surface area contributed by atoms with E-state index in [-0.39, 0.29) is 5.91 Å². The van der Waals surface area contributed by atoms with Crippen LogP contribution in [0.3, 0.4) is 0 Å². The van der Waals surface area contributed by atoms with Gasteiger partial charge >= 0.3 is 0 Å². The molecule has 5 heteroatoms. The van der Waals surface area contributed by atoms with Crippen molar-refractivity contribution >= 4 is 5.91 Å². The number of aliphatic hydroxyl groups is 1. The Morgan fingerprint density at radius 3 is 2.80 bits per heavy atom. The molecule has 0 aliphatic heterocycles. The molecule has 1 amide bonds. The molecule has 1 heterocycles. The molecule has 5 nitrogen and oxygen atoms in total. The fourth-order valence-electron chi connectivity index (χ4n) is 2.11. The second kappa shape index (κ2) is 5.46. The molecule has 0 radical (unpaired) electrons. The average molecular weight is 271 g/mol. The van der Waals surface area contributed by atoms with Crippen molar-refractivity contribution in [1.82, 2.24) is 15.1 Å². The highest BCUT2D eigenvalue weighted by atomic mass is 16.3. The highest BCUT2D eigenvalue weighted by Gasteiger charge is 2.29. The summed E-state index contributed by atoms with van der Waals surface area (Å²) in [5.74, 6) is 0.108. The third-order valence-electron chi connectivity index (χ3n) is 3.48. The second-order valence-electron chi connectivity index (χ2n) is 5.10. The fourth-order valence-corrected chi connectivity index (χ4v) is 2.11. The van der Waals surface area contributed by atoms with Gasteiger partial charge in [-0.15, -0.1) is 0 Å². The first kappa shape index (κ1) is 12.9. The monoisotopic (exact) mass is 271 g/mol. The Hall–Kier alpha value is -2.14. The Kier molecular flexibility index (Phi) is 3.52. The first-order valence-corrected chi connectivity index (χ1v) is 6.81. The molecular formula is C15H17N3O2. The maximum Gasteiger partial charge on any atom is 0.271 e. The van der Waals surface area contributed by atoms with E-state index >= 15 is 0 Å². The van der Waals surface area contributed by atoms with Gasteiger partial charge in [-0.05, 0) is 37.0 Å². The Labute approximate surface area is 117 Å². The smallest absolute Gasteiger partial charge is 0.271 e. The van der Waals surface area contributed by atoms with Crippen LogP contribution in [0.5, 0.6) is 0 Å². The maximum absolute atomic E-state index is 11.9. The molecule has 0 bridgehead atoms. The lowest BCUT2D eigenvalue weighted by molar-refractivity contribution is 0.0896. The van der Waals surface area contributed by atoms with Crippen molar-refractivity contribution in [2.45, 2.75) is 18.9 Å². The van der Waals surface area contributed by atoms with E-state index in [1.54, 1.807) is 16.9 Å². The Morgan fingerprint density at radius 1 is 1.35 bits per heavy atom. The minimum Gasteiger partial charge on any atom is -0.391 e. The lowest BCUT2D eigenvalue weighted by Crippen LogP contribution is -2.33. The molecule has 1 aromatic heterocycles. The van der Waals surface area contributed by atoms with Crippen LogP contribution in [0, 0.1) is 5.92 Å². The highest BCUT2D eigenvalue weighted by molar-refractivity contribution is 5.92. The average Bonchev–Trinajstić information content (AvgIpc) is 3.22. The lowest BCUT2D eigenvalue weighted by Gasteiger charge is -2.09. The van der Waals surface area contributed by atoms with E-state index in [4.69, 9.17) is 0 Å². The van der Waals surface area contributed by atoms with E-state index in [0.29, 0.717) is 18.2 Å². The van der Waals surface area contributed by atoms with Gasteiger partial charge in [-0.3, -0.25) is 4.79 Å². The molecule has 0 spiro atoms. The minimum absolute atomic E-state index is 0.251. The summed E-state index contributed by atoms with van der Waals surface area (Å²) in [4.78, 5) is 11.9. The molecular weight excluding hydrogens is 254 g/mol. The number of nitrogens with zero attached hydrogens (tertiary/aromatic N) is 2. The van der Waals surface area contributed by atoms with Gasteiger partial charge in [0.05, 0.1) is 11.8 Å². The molecule has 3 rings (SSSR count). The van der Waals surface area contributed by atoms with Crippen LogP contribution in [0.2, 0.25) is 0 Å². The van der Waals surface area contributed by atoms with Crippen molar-refractivity contribution in [3.05, 3.63) is 48.3 Å². The molecule has 1 unspecified atom stereocenters. The maximum atomic E-state index is 11.9. The highest BCUT2D eigenvalue weighted by Crippen LogP contribution is 2.32. The van der Waals surface area contributed by atoms with Gasteiger partial charge in [-0.2, -0.15) is 5.10 Å². The van der Waals surface area contributed by atoms with Crippen molar-refractivity contribution in [2.75, 3.05) is 6.54 Å². The van der Waals surface area contributed by atoms with Crippen LogP contribution in [0.4, 0.5) is 0 Å². The summed E-state index contributed by atoms with van der Waals surface area (Å²) in [5, 5.41) is 16.7. The van der Waals surface area contributed by atoms with Gasteiger partial charge in [0.2, 0.25) is 0 Å². The van der Waals surface area contributed by atoms with Gasteiger partial charge in [-0.25, -0.2) is 4.68 Å². The lowest BCUT2D eigenvalue weighted by atomic mass is 10.2. The summed E-state index contributed by atoms with van der Waals surface area (Å²) in [6, 6.07) is 11.3. The molecule has 20 heavy (non-hydrogen) atoms. The quantitative estimate of drug-likeness (QED) is 0.863. The standard InChI is InChI=1S/C15H17N3O2/c19-14(11-6-7-11)10-16-15(20)13-8-9-18(17-13)12-4-2-1-3-5-12/h1-5,8-9,11,14,19H,6-7,10H2,(H,16,20). The largest absolute Gasteiger partial charge is 0.391 e. The summed E-state index contributed by atoms with van der Waals surface area (Å²) in [6.45, 7) is 0.293. The van der Waals surface area contributed by atoms with E-state index in [9.17, 15) is 9.90 Å². The summed E-state index contributed by atoms with van der Waals surface area (Å²) >= 11 is 0. The normalized spacial score (nSPS) is 15.8. The molecule has 1 aliphatic rings. The zero-order chi connectivity index (χ0) is 13.9. The third-order valence-corrected chi connectivity index (χ3v) is 3.48. The van der Waals surface area contributed by atoms with E-state index in [1.807, 2.05) is 30.3 Å². The van der Waals surface area contributed by atoms with Crippen molar-refractivity contribution < 1.29 is 9.90 Å². The number of carbonyl (C=O) groups excluding carboxylic acids is 1. The van der Waals surface area contributed by atoms with Crippen LogP contribution < -0.4 is 5.32 Å². The molecule has 0 saturated heterocycles. The van der Waals surface area contributed by atoms with Crippen LogP contribution >= 0.6 is 0 Å². The summed E-state index contributed by atoms with van der Waals surface area (Å²) < 4.78 is 1.66. The number of hydrogen-bond acceptors (Lipinski definition) is 3.